The summed E-state index contributed by atoms with van der Waals surface area (Å²) in [7, 11) is 0.0386. The molecular weight excluding hydrogens is 470 g/mol. The lowest BCUT2D eigenvalue weighted by atomic mass is 10.1. The van der Waals surface area contributed by atoms with Crippen LogP contribution in [0.4, 0.5) is 5.69 Å². The van der Waals surface area contributed by atoms with Crippen molar-refractivity contribution in [2.24, 2.45) is 0 Å². The van der Waals surface area contributed by atoms with Crippen LogP contribution in [-0.4, -0.2) is 39.9 Å². The SMILES string of the molecule is CN(C)[C@@H](CNC(=O)c1cccc(NS(=O)(=O)c2ccc(Br)cc2)c1)c1ccco1. The van der Waals surface area contributed by atoms with Crippen LogP contribution in [0, 0.1) is 0 Å². The molecule has 1 heterocycles. The molecule has 3 rings (SSSR count). The van der Waals surface area contributed by atoms with E-state index >= 15 is 0 Å². The molecule has 0 aliphatic carbocycles. The van der Waals surface area contributed by atoms with Gasteiger partial charge in [0.1, 0.15) is 5.76 Å². The number of nitrogens with one attached hydrogen (secondary N) is 2. The van der Waals surface area contributed by atoms with Crippen LogP contribution in [0.15, 0.2) is 80.7 Å². The number of amides is 1. The predicted octanol–water partition coefficient (Wildman–Crippen LogP) is 3.88. The van der Waals surface area contributed by atoms with Gasteiger partial charge < -0.3 is 9.73 Å². The van der Waals surface area contributed by atoms with E-state index in [1.165, 1.54) is 18.2 Å². The largest absolute Gasteiger partial charge is 0.468 e. The molecule has 1 aromatic heterocycles. The van der Waals surface area contributed by atoms with Gasteiger partial charge in [0.15, 0.2) is 0 Å². The van der Waals surface area contributed by atoms with Crippen LogP contribution in [0.3, 0.4) is 0 Å². The molecule has 0 saturated carbocycles. The summed E-state index contributed by atoms with van der Waals surface area (Å²) in [6, 6.07) is 16.2. The highest BCUT2D eigenvalue weighted by atomic mass is 79.9. The Kier molecular flexibility index (Phi) is 6.96. The number of carbonyl (C=O) groups is 1. The van der Waals surface area contributed by atoms with E-state index < -0.39 is 10.0 Å². The van der Waals surface area contributed by atoms with Gasteiger partial charge in [-0.05, 0) is 68.7 Å². The summed E-state index contributed by atoms with van der Waals surface area (Å²) < 4.78 is 33.9. The molecule has 0 unspecified atom stereocenters. The summed E-state index contributed by atoms with van der Waals surface area (Å²) in [5.41, 5.74) is 0.656. The number of carbonyl (C=O) groups excluding carboxylic acids is 1. The monoisotopic (exact) mass is 491 g/mol. The molecule has 0 aliphatic heterocycles. The second-order valence-corrected chi connectivity index (χ2v) is 9.44. The summed E-state index contributed by atoms with van der Waals surface area (Å²) >= 11 is 3.28. The minimum atomic E-state index is -3.76. The number of sulfonamides is 1. The quantitative estimate of drug-likeness (QED) is 0.498. The molecule has 0 spiro atoms. The summed E-state index contributed by atoms with van der Waals surface area (Å²) in [4.78, 5) is 14.7. The van der Waals surface area contributed by atoms with Gasteiger partial charge in [0.2, 0.25) is 0 Å². The summed E-state index contributed by atoms with van der Waals surface area (Å²) in [6.07, 6.45) is 1.59. The summed E-state index contributed by atoms with van der Waals surface area (Å²) in [5.74, 6) is 0.439. The third-order valence-corrected chi connectivity index (χ3v) is 6.38. The van der Waals surface area contributed by atoms with E-state index in [1.807, 2.05) is 25.1 Å². The van der Waals surface area contributed by atoms with E-state index in [1.54, 1.807) is 42.7 Å². The summed E-state index contributed by atoms with van der Waals surface area (Å²) in [5, 5.41) is 2.87. The fraction of sp³-hybridized carbons (Fsp3) is 0.190. The average Bonchev–Trinajstić information content (AvgIpc) is 3.22. The normalized spacial score (nSPS) is 12.5. The number of likely N-dealkylation sites (N-methyl/N-ethyl adjacent to an activating group) is 1. The molecule has 3 aromatic rings. The molecule has 0 radical (unpaired) electrons. The van der Waals surface area contributed by atoms with Gasteiger partial charge in [-0.1, -0.05) is 22.0 Å². The van der Waals surface area contributed by atoms with E-state index in [-0.39, 0.29) is 16.8 Å². The first-order valence-corrected chi connectivity index (χ1v) is 11.4. The maximum absolute atomic E-state index is 12.6. The van der Waals surface area contributed by atoms with Crippen molar-refractivity contribution in [3.8, 4) is 0 Å². The molecule has 2 aromatic carbocycles. The van der Waals surface area contributed by atoms with E-state index in [4.69, 9.17) is 4.42 Å². The van der Waals surface area contributed by atoms with Crippen molar-refractivity contribution in [2.45, 2.75) is 10.9 Å². The van der Waals surface area contributed by atoms with Gasteiger partial charge in [0.25, 0.3) is 15.9 Å². The number of halogens is 1. The van der Waals surface area contributed by atoms with Gasteiger partial charge in [-0.3, -0.25) is 14.4 Å². The zero-order valence-electron chi connectivity index (χ0n) is 16.5. The van der Waals surface area contributed by atoms with Gasteiger partial charge in [-0.2, -0.15) is 0 Å². The highest BCUT2D eigenvalue weighted by Crippen LogP contribution is 2.20. The Bertz CT molecular complexity index is 1100. The van der Waals surface area contributed by atoms with Gasteiger partial charge in [-0.25, -0.2) is 8.42 Å². The first-order valence-electron chi connectivity index (χ1n) is 9.13. The van der Waals surface area contributed by atoms with Gasteiger partial charge >= 0.3 is 0 Å². The molecule has 158 valence electrons. The van der Waals surface area contributed by atoms with E-state index in [9.17, 15) is 13.2 Å². The lowest BCUT2D eigenvalue weighted by molar-refractivity contribution is 0.0939. The standard InChI is InChI=1S/C21H22BrN3O4S/c1-25(2)19(20-7-4-12-29-20)14-23-21(26)15-5-3-6-17(13-15)24-30(27,28)18-10-8-16(22)9-11-18/h3-13,19,24H,14H2,1-2H3,(H,23,26)/t19-/m0/s1. The number of hydrogen-bond acceptors (Lipinski definition) is 5. The van der Waals surface area contributed by atoms with Crippen molar-refractivity contribution in [3.05, 3.63) is 82.7 Å². The second kappa shape index (κ2) is 9.46. The maximum atomic E-state index is 12.6. The molecule has 1 atom stereocenters. The molecular formula is C21H22BrN3O4S. The fourth-order valence-electron chi connectivity index (χ4n) is 2.86. The molecule has 0 saturated heterocycles. The number of hydrogen-bond donors (Lipinski definition) is 2. The summed E-state index contributed by atoms with van der Waals surface area (Å²) in [6.45, 7) is 0.341. The molecule has 0 fully saturated rings. The minimum Gasteiger partial charge on any atom is -0.468 e. The Hall–Kier alpha value is -2.62. The van der Waals surface area contributed by atoms with Crippen molar-refractivity contribution in [3.63, 3.8) is 0 Å². The second-order valence-electron chi connectivity index (χ2n) is 6.85. The first-order chi connectivity index (χ1) is 14.3. The van der Waals surface area contributed by atoms with Crippen LogP contribution in [-0.2, 0) is 10.0 Å². The fourth-order valence-corrected chi connectivity index (χ4v) is 4.18. The predicted molar refractivity (Wildman–Crippen MR) is 119 cm³/mol. The Morgan fingerprint density at radius 3 is 2.47 bits per heavy atom. The number of nitrogens with zero attached hydrogens (tertiary/aromatic N) is 1. The zero-order valence-corrected chi connectivity index (χ0v) is 18.9. The third kappa shape index (κ3) is 5.50. The molecule has 0 aliphatic rings. The molecule has 9 heteroatoms. The van der Waals surface area contributed by atoms with Crippen LogP contribution in [0.5, 0.6) is 0 Å². The van der Waals surface area contributed by atoms with E-state index in [2.05, 4.69) is 26.0 Å². The first kappa shape index (κ1) is 22.1. The smallest absolute Gasteiger partial charge is 0.261 e. The topological polar surface area (TPSA) is 91.7 Å². The molecule has 1 amide bonds. The Balaban J connectivity index is 1.70. The number of rotatable bonds is 8. The number of anilines is 1. The third-order valence-electron chi connectivity index (χ3n) is 4.45. The highest BCUT2D eigenvalue weighted by molar-refractivity contribution is 9.10. The molecule has 2 N–H and O–H groups in total. The van der Waals surface area contributed by atoms with E-state index in [0.29, 0.717) is 17.8 Å². The molecule has 0 bridgehead atoms. The number of benzene rings is 2. The van der Waals surface area contributed by atoms with Gasteiger partial charge in [0, 0.05) is 22.3 Å². The lowest BCUT2D eigenvalue weighted by Gasteiger charge is -2.22. The minimum absolute atomic E-state index is 0.122. The van der Waals surface area contributed by atoms with Gasteiger partial charge in [-0.15, -0.1) is 0 Å². The Morgan fingerprint density at radius 2 is 1.83 bits per heavy atom. The Labute approximate surface area is 184 Å². The van der Waals surface area contributed by atoms with Crippen LogP contribution >= 0.6 is 15.9 Å². The van der Waals surface area contributed by atoms with Crippen molar-refractivity contribution in [1.29, 1.82) is 0 Å². The average molecular weight is 492 g/mol. The lowest BCUT2D eigenvalue weighted by Crippen LogP contribution is -2.34. The zero-order chi connectivity index (χ0) is 21.7. The van der Waals surface area contributed by atoms with Gasteiger partial charge in [0.05, 0.1) is 17.2 Å². The van der Waals surface area contributed by atoms with E-state index in [0.717, 1.165) is 10.2 Å². The molecule has 7 nitrogen and oxygen atoms in total. The van der Waals surface area contributed by atoms with Crippen molar-refractivity contribution in [1.82, 2.24) is 10.2 Å². The van der Waals surface area contributed by atoms with Crippen molar-refractivity contribution < 1.29 is 17.6 Å². The van der Waals surface area contributed by atoms with Crippen LogP contribution < -0.4 is 10.0 Å². The maximum Gasteiger partial charge on any atom is 0.261 e. The van der Waals surface area contributed by atoms with Crippen LogP contribution in [0.1, 0.15) is 22.2 Å². The number of furan rings is 1. The van der Waals surface area contributed by atoms with Crippen molar-refractivity contribution >= 4 is 37.5 Å². The molecule has 30 heavy (non-hydrogen) atoms. The van der Waals surface area contributed by atoms with Crippen molar-refractivity contribution in [2.75, 3.05) is 25.4 Å². The van der Waals surface area contributed by atoms with Crippen LogP contribution in [0.25, 0.3) is 0 Å². The van der Waals surface area contributed by atoms with Crippen LogP contribution in [0.2, 0.25) is 0 Å². The highest BCUT2D eigenvalue weighted by Gasteiger charge is 2.19. The Morgan fingerprint density at radius 1 is 1.10 bits per heavy atom.